The summed E-state index contributed by atoms with van der Waals surface area (Å²) in [5.41, 5.74) is 2.15. The molecule has 0 spiro atoms. The number of carbonyl (C=O) groups is 2. The number of methoxy groups -OCH3 is 2. The lowest BCUT2D eigenvalue weighted by molar-refractivity contribution is -0.141. The Morgan fingerprint density at radius 3 is 1.85 bits per heavy atom. The monoisotopic (exact) mass is 366 g/mol. The van der Waals surface area contributed by atoms with Gasteiger partial charge in [-0.25, -0.2) is 0 Å². The average molecular weight is 366 g/mol. The number of anilines is 1. The molecule has 0 aliphatic rings. The van der Waals surface area contributed by atoms with Crippen molar-refractivity contribution in [2.24, 2.45) is 0 Å². The lowest BCUT2D eigenvalue weighted by Crippen LogP contribution is -2.45. The van der Waals surface area contributed by atoms with E-state index in [9.17, 15) is 9.59 Å². The molecule has 8 nitrogen and oxygen atoms in total. The van der Waals surface area contributed by atoms with Crippen molar-refractivity contribution in [1.82, 2.24) is 15.5 Å². The van der Waals surface area contributed by atoms with E-state index in [-0.39, 0.29) is 12.6 Å². The molecule has 0 saturated heterocycles. The van der Waals surface area contributed by atoms with Gasteiger partial charge in [0.25, 0.3) is 0 Å². The first-order chi connectivity index (χ1) is 12.3. The van der Waals surface area contributed by atoms with E-state index in [0.29, 0.717) is 6.54 Å². The second kappa shape index (κ2) is 10.7. The Hall–Kier alpha value is -2.16. The van der Waals surface area contributed by atoms with Crippen LogP contribution in [0.2, 0.25) is 0 Å². The molecule has 0 saturated carbocycles. The number of hydrogen-bond acceptors (Lipinski definition) is 6. The summed E-state index contributed by atoms with van der Waals surface area (Å²) in [6.45, 7) is 0.418. The highest BCUT2D eigenvalue weighted by atomic mass is 16.7. The minimum absolute atomic E-state index is 0.0475. The third-order valence-electron chi connectivity index (χ3n) is 4.03. The van der Waals surface area contributed by atoms with E-state index in [0.717, 1.165) is 11.3 Å². The second-order valence-corrected chi connectivity index (χ2v) is 6.29. The van der Waals surface area contributed by atoms with Gasteiger partial charge in [0.15, 0.2) is 6.29 Å². The van der Waals surface area contributed by atoms with Gasteiger partial charge >= 0.3 is 11.8 Å². The average Bonchev–Trinajstić information content (AvgIpc) is 2.62. The predicted octanol–water partition coefficient (Wildman–Crippen LogP) is 0.207. The molecule has 26 heavy (non-hydrogen) atoms. The highest BCUT2D eigenvalue weighted by molar-refractivity contribution is 6.35. The van der Waals surface area contributed by atoms with Crippen LogP contribution in [0.25, 0.3) is 0 Å². The van der Waals surface area contributed by atoms with E-state index < -0.39 is 18.1 Å². The maximum absolute atomic E-state index is 12.0. The molecule has 0 heterocycles. The quantitative estimate of drug-likeness (QED) is 0.480. The van der Waals surface area contributed by atoms with Crippen LogP contribution in [0, 0.1) is 0 Å². The Morgan fingerprint density at radius 1 is 0.923 bits per heavy atom. The molecule has 2 amide bonds. The van der Waals surface area contributed by atoms with Gasteiger partial charge in [-0.1, -0.05) is 12.1 Å². The van der Waals surface area contributed by atoms with Crippen LogP contribution >= 0.6 is 0 Å². The van der Waals surface area contributed by atoms with Crippen LogP contribution in [-0.2, 0) is 19.1 Å². The molecular weight excluding hydrogens is 336 g/mol. The van der Waals surface area contributed by atoms with Crippen molar-refractivity contribution in [2.45, 2.75) is 12.3 Å². The molecule has 0 fully saturated rings. The first-order valence-corrected chi connectivity index (χ1v) is 8.35. The van der Waals surface area contributed by atoms with Crippen LogP contribution in [-0.4, -0.2) is 78.5 Å². The number of rotatable bonds is 9. The van der Waals surface area contributed by atoms with Gasteiger partial charge in [0.2, 0.25) is 0 Å². The van der Waals surface area contributed by atoms with Gasteiger partial charge in [-0.15, -0.1) is 0 Å². The topological polar surface area (TPSA) is 83.1 Å². The van der Waals surface area contributed by atoms with Crippen molar-refractivity contribution >= 4 is 17.5 Å². The zero-order valence-corrected chi connectivity index (χ0v) is 16.4. The van der Waals surface area contributed by atoms with Crippen LogP contribution in [0.3, 0.4) is 0 Å². The van der Waals surface area contributed by atoms with Crippen molar-refractivity contribution < 1.29 is 19.1 Å². The van der Waals surface area contributed by atoms with E-state index in [2.05, 4.69) is 10.6 Å². The number of benzene rings is 1. The van der Waals surface area contributed by atoms with E-state index in [4.69, 9.17) is 9.47 Å². The number of nitrogens with zero attached hydrogens (tertiary/aromatic N) is 2. The summed E-state index contributed by atoms with van der Waals surface area (Å²) in [5, 5.41) is 5.15. The molecule has 1 rings (SSSR count). The number of amides is 2. The SMILES string of the molecule is COC(CNC(=O)C(=O)NC[C@@H](c1ccc(N(C)C)cc1)N(C)C)OC. The summed E-state index contributed by atoms with van der Waals surface area (Å²) < 4.78 is 9.93. The Labute approximate surface area is 155 Å². The van der Waals surface area contributed by atoms with Crippen molar-refractivity contribution in [3.05, 3.63) is 29.8 Å². The van der Waals surface area contributed by atoms with Gasteiger partial charge in [-0.2, -0.15) is 0 Å². The lowest BCUT2D eigenvalue weighted by Gasteiger charge is -2.25. The summed E-state index contributed by atoms with van der Waals surface area (Å²) in [7, 11) is 10.7. The van der Waals surface area contributed by atoms with Gasteiger partial charge < -0.3 is 29.9 Å². The molecule has 146 valence electrons. The van der Waals surface area contributed by atoms with Crippen molar-refractivity contribution in [1.29, 1.82) is 0 Å². The predicted molar refractivity (Wildman–Crippen MR) is 101 cm³/mol. The Balaban J connectivity index is 2.62. The molecule has 1 aromatic carbocycles. The Morgan fingerprint density at radius 2 is 1.42 bits per heavy atom. The third-order valence-corrected chi connectivity index (χ3v) is 4.03. The van der Waals surface area contributed by atoms with Gasteiger partial charge in [-0.3, -0.25) is 9.59 Å². The van der Waals surface area contributed by atoms with E-state index in [1.54, 1.807) is 0 Å². The van der Waals surface area contributed by atoms with Crippen molar-refractivity contribution in [2.75, 3.05) is 60.4 Å². The van der Waals surface area contributed by atoms with Gasteiger partial charge in [-0.05, 0) is 31.8 Å². The van der Waals surface area contributed by atoms with E-state index in [1.165, 1.54) is 14.2 Å². The fourth-order valence-corrected chi connectivity index (χ4v) is 2.38. The van der Waals surface area contributed by atoms with E-state index in [1.807, 2.05) is 62.3 Å². The molecule has 0 aliphatic heterocycles. The van der Waals surface area contributed by atoms with Crippen LogP contribution in [0.4, 0.5) is 5.69 Å². The van der Waals surface area contributed by atoms with Gasteiger partial charge in [0, 0.05) is 40.5 Å². The second-order valence-electron chi connectivity index (χ2n) is 6.29. The number of carbonyl (C=O) groups excluding carboxylic acids is 2. The maximum Gasteiger partial charge on any atom is 0.309 e. The molecule has 2 N–H and O–H groups in total. The molecule has 0 bridgehead atoms. The fourth-order valence-electron chi connectivity index (χ4n) is 2.38. The normalized spacial score (nSPS) is 12.2. The molecular formula is C18H30N4O4. The molecule has 0 aromatic heterocycles. The highest BCUT2D eigenvalue weighted by Crippen LogP contribution is 2.20. The first kappa shape index (κ1) is 21.9. The number of nitrogens with one attached hydrogen (secondary N) is 2. The Bertz CT molecular complexity index is 571. The summed E-state index contributed by atoms with van der Waals surface area (Å²) in [5.74, 6) is -1.41. The van der Waals surface area contributed by atoms with Gasteiger partial charge in [0.1, 0.15) is 0 Å². The minimum Gasteiger partial charge on any atom is -0.378 e. The Kier molecular flexibility index (Phi) is 9.04. The maximum atomic E-state index is 12.0. The number of ether oxygens (including phenoxy) is 2. The number of likely N-dealkylation sites (N-methyl/N-ethyl adjacent to an activating group) is 1. The molecule has 1 atom stereocenters. The summed E-state index contributed by atoms with van der Waals surface area (Å²) >= 11 is 0. The van der Waals surface area contributed by atoms with Crippen LogP contribution in [0.1, 0.15) is 11.6 Å². The molecule has 8 heteroatoms. The van der Waals surface area contributed by atoms with E-state index >= 15 is 0 Å². The zero-order valence-electron chi connectivity index (χ0n) is 16.4. The third kappa shape index (κ3) is 6.62. The van der Waals surface area contributed by atoms with Crippen LogP contribution in [0.5, 0.6) is 0 Å². The standard InChI is InChI=1S/C18H30N4O4/c1-21(2)14-9-7-13(8-10-14)15(22(3)4)11-19-17(23)18(24)20-12-16(25-5)26-6/h7-10,15-16H,11-12H2,1-6H3,(H,19,23)(H,20,24)/t15-/m0/s1. The molecule has 1 aromatic rings. The molecule has 0 radical (unpaired) electrons. The largest absolute Gasteiger partial charge is 0.378 e. The number of hydrogen-bond donors (Lipinski definition) is 2. The minimum atomic E-state index is -0.718. The fraction of sp³-hybridized carbons (Fsp3) is 0.556. The molecule has 0 aliphatic carbocycles. The van der Waals surface area contributed by atoms with Crippen molar-refractivity contribution in [3.8, 4) is 0 Å². The zero-order chi connectivity index (χ0) is 19.7. The van der Waals surface area contributed by atoms with Crippen LogP contribution < -0.4 is 15.5 Å². The summed E-state index contributed by atoms with van der Waals surface area (Å²) in [4.78, 5) is 27.9. The summed E-state index contributed by atoms with van der Waals surface area (Å²) in [6, 6.07) is 8.04. The lowest BCUT2D eigenvalue weighted by atomic mass is 10.1. The first-order valence-electron chi connectivity index (χ1n) is 8.35. The summed E-state index contributed by atoms with van der Waals surface area (Å²) in [6.07, 6.45) is -0.587. The molecule has 0 unspecified atom stereocenters. The van der Waals surface area contributed by atoms with Crippen molar-refractivity contribution in [3.63, 3.8) is 0 Å². The smallest absolute Gasteiger partial charge is 0.309 e. The van der Waals surface area contributed by atoms with Gasteiger partial charge in [0.05, 0.1) is 12.6 Å². The highest BCUT2D eigenvalue weighted by Gasteiger charge is 2.19. The van der Waals surface area contributed by atoms with Crippen LogP contribution in [0.15, 0.2) is 24.3 Å².